The largest absolute Gasteiger partial charge is 0.425 e. The van der Waals surface area contributed by atoms with E-state index in [9.17, 15) is 38.9 Å². The number of benzene rings is 7. The van der Waals surface area contributed by atoms with Crippen LogP contribution in [0.3, 0.4) is 0 Å². The zero-order valence-corrected chi connectivity index (χ0v) is 38.6. The van der Waals surface area contributed by atoms with Crippen molar-refractivity contribution in [2.75, 3.05) is 0 Å². The Bertz CT molecular complexity index is 4500. The topological polar surface area (TPSA) is 318 Å². The van der Waals surface area contributed by atoms with Gasteiger partial charge in [0, 0.05) is 10.8 Å². The van der Waals surface area contributed by atoms with Crippen LogP contribution in [0.4, 0.5) is 11.4 Å². The van der Waals surface area contributed by atoms with Gasteiger partial charge < -0.3 is 0 Å². The maximum absolute atomic E-state index is 12.7. The molecule has 4 aromatic heterocycles. The van der Waals surface area contributed by atoms with E-state index in [1.165, 1.54) is 24.3 Å². The second-order valence-corrected chi connectivity index (χ2v) is 20.0. The van der Waals surface area contributed by atoms with E-state index in [0.29, 0.717) is 44.3 Å². The summed E-state index contributed by atoms with van der Waals surface area (Å²) in [4.78, 5) is 2.44. The standard InChI is InChI=1S/C41H28N8O9S3.2O3S/c1-24-20-37(47-46-36-19-12-28-21-31(59(50,51)52)16-17-33(28)41(36)49(46)47)39(61(56,57)58)23-34(24)43-42-29-13-7-25(8-14-29)6-9-27-10-15-30(22-38(27)60(53,54)55)44-45-35-18-11-26-4-2-3-5-32(26)40(35)48(44)45;2*1-4(2)3/h2-23H,1H3,(H,50,51,52)(H,53,54,55)(H,56,57,58);;. The second-order valence-electron chi connectivity index (χ2n) is 15.0. The number of nitrogens with zero attached hydrogens (tertiary/aromatic N) is 8. The lowest BCUT2D eigenvalue weighted by atomic mass is 10.1. The molecule has 0 saturated heterocycles. The number of aromatic nitrogens is 6. The first kappa shape index (κ1) is 46.3. The van der Waals surface area contributed by atoms with E-state index in [-0.39, 0.29) is 26.7 Å². The van der Waals surface area contributed by atoms with Crippen molar-refractivity contribution in [2.24, 2.45) is 10.2 Å². The SMILES string of the molecule is Cc1cc(-n2n3c4ccc5cc(S(=O)(=O)O)ccc5c4n23)c(S(=O)(=O)O)cc1N=Nc1ccc(C=Cc2ccc(-n3n4c5ccc6ccccc6c5n34)cc2S(=O)(=O)O)cc1.O=S(=O)=O.O=S(=O)=O. The molecule has 0 bridgehead atoms. The fourth-order valence-corrected chi connectivity index (χ4v) is 9.78. The Hall–Kier alpha value is -7.83. The summed E-state index contributed by atoms with van der Waals surface area (Å²) in [6, 6.07) is 34.0. The first-order chi connectivity index (χ1) is 32.5. The molecule has 69 heavy (non-hydrogen) atoms. The van der Waals surface area contributed by atoms with E-state index in [0.717, 1.165) is 21.8 Å². The van der Waals surface area contributed by atoms with Gasteiger partial charge in [-0.1, -0.05) is 72.8 Å². The molecule has 0 radical (unpaired) electrons. The second kappa shape index (κ2) is 16.7. The van der Waals surface area contributed by atoms with Crippen LogP contribution in [-0.4, -0.2) is 92.3 Å². The van der Waals surface area contributed by atoms with Crippen LogP contribution < -0.4 is 0 Å². The van der Waals surface area contributed by atoms with Gasteiger partial charge in [0.15, 0.2) is 0 Å². The van der Waals surface area contributed by atoms with Crippen LogP contribution >= 0.6 is 0 Å². The summed E-state index contributed by atoms with van der Waals surface area (Å²) >= 11 is 0. The zero-order valence-electron chi connectivity index (χ0n) is 34.6. The highest BCUT2D eigenvalue weighted by Crippen LogP contribution is 2.38. The average Bonchev–Trinajstić information content (AvgIpc) is 4.13. The molecule has 11 aromatic rings. The molecule has 3 N–H and O–H groups in total. The zero-order chi connectivity index (χ0) is 49.5. The van der Waals surface area contributed by atoms with E-state index in [4.69, 9.17) is 25.3 Å². The Morgan fingerprint density at radius 3 is 1.72 bits per heavy atom. The highest BCUT2D eigenvalue weighted by Gasteiger charge is 2.31. The third kappa shape index (κ3) is 8.68. The van der Waals surface area contributed by atoms with E-state index >= 15 is 0 Å². The molecule has 0 spiro atoms. The lowest BCUT2D eigenvalue weighted by Crippen LogP contribution is -2.04. The highest BCUT2D eigenvalue weighted by molar-refractivity contribution is 7.86. The summed E-state index contributed by atoms with van der Waals surface area (Å²) in [6.45, 7) is 1.71. The maximum atomic E-state index is 12.7. The molecule has 0 amide bonds. The minimum Gasteiger partial charge on any atom is -0.282 e. The van der Waals surface area contributed by atoms with Gasteiger partial charge in [-0.25, -0.2) is 0 Å². The van der Waals surface area contributed by atoms with Crippen molar-refractivity contribution in [3.05, 3.63) is 138 Å². The predicted molar refractivity (Wildman–Crippen MR) is 246 cm³/mol. The number of hydrogen-bond acceptors (Lipinski definition) is 14. The molecule has 0 aliphatic rings. The molecule has 11 rings (SSSR count). The molecule has 0 saturated carbocycles. The molecule has 4 heterocycles. The monoisotopic (exact) mass is 1030 g/mol. The lowest BCUT2D eigenvalue weighted by molar-refractivity contribution is 0.480. The molecule has 0 fully saturated rings. The van der Waals surface area contributed by atoms with E-state index in [2.05, 4.69) is 10.2 Å². The van der Waals surface area contributed by atoms with Gasteiger partial charge in [-0.05, 0) is 95.1 Å². The molecule has 352 valence electrons. The third-order valence-electron chi connectivity index (χ3n) is 10.9. The summed E-state index contributed by atoms with van der Waals surface area (Å²) in [5.41, 5.74) is 6.20. The van der Waals surface area contributed by atoms with Crippen LogP contribution in [0.25, 0.3) is 67.1 Å². The van der Waals surface area contributed by atoms with Crippen LogP contribution in [0.1, 0.15) is 16.7 Å². The molecule has 0 aliphatic heterocycles. The molecule has 7 aromatic carbocycles. The van der Waals surface area contributed by atoms with Crippen LogP contribution in [0.2, 0.25) is 0 Å². The number of azo groups is 1. The summed E-state index contributed by atoms with van der Waals surface area (Å²) in [5, 5.41) is 11.9. The summed E-state index contributed by atoms with van der Waals surface area (Å²) < 4.78 is 162. The number of fused-ring (bicyclic) bond motifs is 12. The van der Waals surface area contributed by atoms with Gasteiger partial charge in [-0.15, -0.1) is 48.6 Å². The highest BCUT2D eigenvalue weighted by atomic mass is 32.2. The molecular formula is C41H28N8O15S5. The molecular weight excluding hydrogens is 1000 g/mol. The van der Waals surface area contributed by atoms with E-state index in [1.54, 1.807) is 93.8 Å². The molecule has 0 atom stereocenters. The van der Waals surface area contributed by atoms with Crippen molar-refractivity contribution >= 4 is 119 Å². The Kier molecular flexibility index (Phi) is 11.2. The molecule has 28 heteroatoms. The average molecular weight is 1030 g/mol. The van der Waals surface area contributed by atoms with Crippen molar-refractivity contribution in [1.29, 1.82) is 0 Å². The van der Waals surface area contributed by atoms with Gasteiger partial charge in [-0.3, -0.25) is 13.7 Å². The van der Waals surface area contributed by atoms with E-state index in [1.807, 2.05) is 50.5 Å². The number of rotatable bonds is 9. The molecule has 23 nitrogen and oxygen atoms in total. The van der Waals surface area contributed by atoms with Gasteiger partial charge in [-0.2, -0.15) is 40.3 Å². The van der Waals surface area contributed by atoms with Crippen molar-refractivity contribution in [1.82, 2.24) is 28.1 Å². The van der Waals surface area contributed by atoms with Crippen molar-refractivity contribution in [3.8, 4) is 11.4 Å². The first-order valence-electron chi connectivity index (χ1n) is 19.4. The Balaban J connectivity index is 0.000000690. The Labute approximate surface area is 390 Å². The Morgan fingerprint density at radius 2 is 1.10 bits per heavy atom. The quantitative estimate of drug-likeness (QED) is 0.0837. The first-order valence-corrected chi connectivity index (χ1v) is 25.7. The normalized spacial score (nSPS) is 12.6. The van der Waals surface area contributed by atoms with Crippen molar-refractivity contribution < 1.29 is 64.2 Å². The minimum atomic E-state index is -4.76. The fraction of sp³-hybridized carbons (Fsp3) is 0.0244. The lowest BCUT2D eigenvalue weighted by Gasteiger charge is -2.07. The Morgan fingerprint density at radius 1 is 0.522 bits per heavy atom. The van der Waals surface area contributed by atoms with Crippen LogP contribution in [-0.2, 0) is 51.6 Å². The summed E-state index contributed by atoms with van der Waals surface area (Å²) in [5.74, 6) is 0. The molecule has 0 unspecified atom stereocenters. The fourth-order valence-electron chi connectivity index (χ4n) is 7.89. The van der Waals surface area contributed by atoms with Crippen molar-refractivity contribution in [3.63, 3.8) is 0 Å². The summed E-state index contributed by atoms with van der Waals surface area (Å²) in [7, 11) is -20.0. The smallest absolute Gasteiger partial charge is 0.282 e. The van der Waals surface area contributed by atoms with Crippen molar-refractivity contribution in [2.45, 2.75) is 21.6 Å². The van der Waals surface area contributed by atoms with Gasteiger partial charge in [0.25, 0.3) is 30.4 Å². The molecule has 0 aliphatic carbocycles. The van der Waals surface area contributed by atoms with Crippen LogP contribution in [0.15, 0.2) is 146 Å². The number of hydrogen-bond donors (Lipinski definition) is 3. The maximum Gasteiger partial charge on any atom is 0.425 e. The van der Waals surface area contributed by atoms with Gasteiger partial charge in [0.1, 0.15) is 37.5 Å². The predicted octanol–water partition coefficient (Wildman–Crippen LogP) is 6.09. The number of aryl methyl sites for hydroxylation is 1. The third-order valence-corrected chi connectivity index (χ3v) is 13.5. The van der Waals surface area contributed by atoms with Gasteiger partial charge in [0.05, 0.1) is 22.0 Å². The van der Waals surface area contributed by atoms with Crippen LogP contribution in [0, 0.1) is 6.92 Å². The van der Waals surface area contributed by atoms with E-state index < -0.39 is 56.5 Å². The summed E-state index contributed by atoms with van der Waals surface area (Å²) in [6.07, 6.45) is 3.27. The minimum absolute atomic E-state index is 0.146. The van der Waals surface area contributed by atoms with Gasteiger partial charge >= 0.3 is 21.2 Å². The van der Waals surface area contributed by atoms with Crippen LogP contribution in [0.5, 0.6) is 0 Å². The van der Waals surface area contributed by atoms with Gasteiger partial charge in [0.2, 0.25) is 0 Å².